The van der Waals surface area contributed by atoms with Crippen LogP contribution >= 0.6 is 11.6 Å². The van der Waals surface area contributed by atoms with Gasteiger partial charge in [-0.2, -0.15) is 0 Å². The van der Waals surface area contributed by atoms with Crippen LogP contribution in [0.1, 0.15) is 74.2 Å². The Balaban J connectivity index is 1.91. The number of phenolic OH excluding ortho intramolecular Hbond substituents is 1. The van der Waals surface area contributed by atoms with Crippen molar-refractivity contribution in [1.82, 2.24) is 0 Å². The number of hydrogen-bond acceptors (Lipinski definition) is 5. The summed E-state index contributed by atoms with van der Waals surface area (Å²) in [6, 6.07) is 10.1. The molecule has 0 radical (unpaired) electrons. The lowest BCUT2D eigenvalue weighted by atomic mass is 10.1. The molecular weight excluding hydrogens is 440 g/mol. The standard InChI is InChI=1S/C27H35ClO5/c1-3-4-5-6-7-8-9-10-18-32-26-13-11-12-23(29)27(26)24(30)16-14-21-15-17-25(22(28)19-21)33-20-31-2/h11-17,19,29H,3-10,18,20H2,1-2H3/b16-14+. The van der Waals surface area contributed by atoms with Crippen LogP contribution in [0.2, 0.25) is 5.02 Å². The molecule has 0 saturated heterocycles. The van der Waals surface area contributed by atoms with Gasteiger partial charge in [0.2, 0.25) is 0 Å². The van der Waals surface area contributed by atoms with Crippen LogP contribution in [0.5, 0.6) is 17.2 Å². The minimum atomic E-state index is -0.338. The summed E-state index contributed by atoms with van der Waals surface area (Å²) in [5.74, 6) is 0.461. The van der Waals surface area contributed by atoms with Crippen LogP contribution in [-0.4, -0.2) is 31.4 Å². The van der Waals surface area contributed by atoms with Gasteiger partial charge in [-0.1, -0.05) is 81.7 Å². The molecule has 0 spiro atoms. The third-order valence-corrected chi connectivity index (χ3v) is 5.52. The van der Waals surface area contributed by atoms with Crippen molar-refractivity contribution >= 4 is 23.5 Å². The minimum Gasteiger partial charge on any atom is -0.507 e. The fourth-order valence-corrected chi connectivity index (χ4v) is 3.66. The van der Waals surface area contributed by atoms with E-state index in [1.807, 2.05) is 0 Å². The molecule has 0 aliphatic heterocycles. The summed E-state index contributed by atoms with van der Waals surface area (Å²) >= 11 is 6.21. The van der Waals surface area contributed by atoms with Crippen molar-refractivity contribution in [2.45, 2.75) is 58.3 Å². The minimum absolute atomic E-state index is 0.0978. The first-order valence-corrected chi connectivity index (χ1v) is 12.0. The maximum atomic E-state index is 12.8. The molecule has 180 valence electrons. The maximum absolute atomic E-state index is 12.8. The number of unbranched alkanes of at least 4 members (excludes halogenated alkanes) is 7. The van der Waals surface area contributed by atoms with Gasteiger partial charge in [-0.3, -0.25) is 4.79 Å². The zero-order chi connectivity index (χ0) is 23.9. The zero-order valence-corrected chi connectivity index (χ0v) is 20.4. The first-order chi connectivity index (χ1) is 16.1. The Morgan fingerprint density at radius 3 is 2.39 bits per heavy atom. The Kier molecular flexibility index (Phi) is 12.4. The summed E-state index contributed by atoms with van der Waals surface area (Å²) in [6.07, 6.45) is 12.7. The van der Waals surface area contributed by atoms with E-state index in [4.69, 9.17) is 25.8 Å². The van der Waals surface area contributed by atoms with Crippen LogP contribution in [0, 0.1) is 0 Å². The molecule has 0 unspecified atom stereocenters. The number of rotatable bonds is 16. The highest BCUT2D eigenvalue weighted by Gasteiger charge is 2.15. The van der Waals surface area contributed by atoms with Gasteiger partial charge < -0.3 is 19.3 Å². The smallest absolute Gasteiger partial charge is 0.193 e. The van der Waals surface area contributed by atoms with Crippen molar-refractivity contribution in [1.29, 1.82) is 0 Å². The largest absolute Gasteiger partial charge is 0.507 e. The molecule has 0 atom stereocenters. The molecular formula is C27H35ClO5. The predicted octanol–water partition coefficient (Wildman–Crippen LogP) is 7.44. The van der Waals surface area contributed by atoms with Crippen molar-refractivity contribution in [2.75, 3.05) is 20.5 Å². The normalized spacial score (nSPS) is 11.1. The van der Waals surface area contributed by atoms with Gasteiger partial charge in [0.25, 0.3) is 0 Å². The van der Waals surface area contributed by atoms with E-state index in [9.17, 15) is 9.90 Å². The SMILES string of the molecule is CCCCCCCCCCOc1cccc(O)c1C(=O)/C=C/c1ccc(OCOC)c(Cl)c1. The molecule has 33 heavy (non-hydrogen) atoms. The number of phenols is 1. The topological polar surface area (TPSA) is 65.0 Å². The number of carbonyl (C=O) groups is 1. The van der Waals surface area contributed by atoms with Crippen LogP contribution in [-0.2, 0) is 4.74 Å². The van der Waals surface area contributed by atoms with Crippen LogP contribution in [0.25, 0.3) is 6.08 Å². The van der Waals surface area contributed by atoms with Gasteiger partial charge in [0.1, 0.15) is 22.8 Å². The van der Waals surface area contributed by atoms with Gasteiger partial charge in [0.05, 0.1) is 11.6 Å². The van der Waals surface area contributed by atoms with Gasteiger partial charge in [-0.25, -0.2) is 0 Å². The Morgan fingerprint density at radius 1 is 0.970 bits per heavy atom. The molecule has 1 N–H and O–H groups in total. The number of carbonyl (C=O) groups excluding carboxylic acids is 1. The molecule has 0 aliphatic carbocycles. The number of ether oxygens (including phenoxy) is 3. The summed E-state index contributed by atoms with van der Waals surface area (Å²) in [5, 5.41) is 10.7. The Labute approximate surface area is 202 Å². The quantitative estimate of drug-likeness (QED) is 0.118. The number of methoxy groups -OCH3 is 1. The van der Waals surface area contributed by atoms with E-state index in [0.717, 1.165) is 18.4 Å². The Bertz CT molecular complexity index is 894. The van der Waals surface area contributed by atoms with E-state index >= 15 is 0 Å². The lowest BCUT2D eigenvalue weighted by molar-refractivity contribution is 0.0512. The van der Waals surface area contributed by atoms with Gasteiger partial charge in [0, 0.05) is 7.11 Å². The predicted molar refractivity (Wildman–Crippen MR) is 134 cm³/mol. The van der Waals surface area contributed by atoms with Gasteiger partial charge in [-0.15, -0.1) is 0 Å². The van der Waals surface area contributed by atoms with Crippen molar-refractivity contribution in [3.63, 3.8) is 0 Å². The summed E-state index contributed by atoms with van der Waals surface area (Å²) in [4.78, 5) is 12.8. The van der Waals surface area contributed by atoms with Crippen LogP contribution in [0.3, 0.4) is 0 Å². The molecule has 0 aromatic heterocycles. The number of ketones is 1. The Hall–Kier alpha value is -2.50. The summed E-state index contributed by atoms with van der Waals surface area (Å²) in [5.41, 5.74) is 0.898. The molecule has 0 bridgehead atoms. The monoisotopic (exact) mass is 474 g/mol. The molecule has 2 aromatic carbocycles. The van der Waals surface area contributed by atoms with Crippen molar-refractivity contribution < 1.29 is 24.1 Å². The number of allylic oxidation sites excluding steroid dienone is 1. The number of halogens is 1. The highest BCUT2D eigenvalue weighted by Crippen LogP contribution is 2.30. The van der Waals surface area contributed by atoms with E-state index in [-0.39, 0.29) is 23.9 Å². The average molecular weight is 475 g/mol. The van der Waals surface area contributed by atoms with Crippen molar-refractivity contribution in [3.8, 4) is 17.2 Å². The summed E-state index contributed by atoms with van der Waals surface area (Å²) in [7, 11) is 1.53. The van der Waals surface area contributed by atoms with E-state index in [2.05, 4.69) is 6.92 Å². The second-order valence-corrected chi connectivity index (χ2v) is 8.32. The lowest BCUT2D eigenvalue weighted by Gasteiger charge is -2.11. The van der Waals surface area contributed by atoms with Crippen LogP contribution in [0.4, 0.5) is 0 Å². The number of hydrogen-bond donors (Lipinski definition) is 1. The molecule has 2 aromatic rings. The molecule has 2 rings (SSSR count). The zero-order valence-electron chi connectivity index (χ0n) is 19.6. The summed E-state index contributed by atoms with van der Waals surface area (Å²) < 4.78 is 16.1. The van der Waals surface area contributed by atoms with Crippen molar-refractivity contribution in [2.24, 2.45) is 0 Å². The fraction of sp³-hybridized carbons (Fsp3) is 0.444. The first-order valence-electron chi connectivity index (χ1n) is 11.6. The first kappa shape index (κ1) is 26.7. The second-order valence-electron chi connectivity index (χ2n) is 7.91. The molecule has 6 heteroatoms. The van der Waals surface area contributed by atoms with Crippen LogP contribution in [0.15, 0.2) is 42.5 Å². The van der Waals surface area contributed by atoms with E-state index in [1.54, 1.807) is 36.4 Å². The second kappa shape index (κ2) is 15.4. The Morgan fingerprint density at radius 2 is 1.70 bits per heavy atom. The molecule has 0 heterocycles. The van der Waals surface area contributed by atoms with Gasteiger partial charge in [-0.05, 0) is 42.3 Å². The van der Waals surface area contributed by atoms with Crippen molar-refractivity contribution in [3.05, 3.63) is 58.6 Å². The highest BCUT2D eigenvalue weighted by atomic mass is 35.5. The molecule has 0 saturated carbocycles. The van der Waals surface area contributed by atoms with E-state index < -0.39 is 0 Å². The third-order valence-electron chi connectivity index (χ3n) is 5.22. The van der Waals surface area contributed by atoms with Crippen LogP contribution < -0.4 is 9.47 Å². The molecule has 0 aliphatic rings. The van der Waals surface area contributed by atoms with Gasteiger partial charge >= 0.3 is 0 Å². The maximum Gasteiger partial charge on any atom is 0.193 e. The average Bonchev–Trinajstić information content (AvgIpc) is 2.81. The van der Waals surface area contributed by atoms with Gasteiger partial charge in [0.15, 0.2) is 12.6 Å². The third kappa shape index (κ3) is 9.48. The molecule has 0 fully saturated rings. The summed E-state index contributed by atoms with van der Waals surface area (Å²) in [6.45, 7) is 2.84. The lowest BCUT2D eigenvalue weighted by Crippen LogP contribution is -2.04. The molecule has 5 nitrogen and oxygen atoms in total. The number of aromatic hydroxyl groups is 1. The van der Waals surface area contributed by atoms with E-state index in [0.29, 0.717) is 23.1 Å². The number of benzene rings is 2. The van der Waals surface area contributed by atoms with E-state index in [1.165, 1.54) is 57.8 Å². The fourth-order valence-electron chi connectivity index (χ4n) is 3.42. The molecule has 0 amide bonds. The highest BCUT2D eigenvalue weighted by molar-refractivity contribution is 6.32.